The second-order valence-corrected chi connectivity index (χ2v) is 8.11. The first-order valence-corrected chi connectivity index (χ1v) is 10.6. The maximum atomic E-state index is 12.2. The number of nitrogens with zero attached hydrogens (tertiary/aromatic N) is 3. The number of aromatic nitrogens is 3. The van der Waals surface area contributed by atoms with Crippen LogP contribution in [0.5, 0.6) is 5.75 Å². The molecular formula is C21H23N5O4S. The average molecular weight is 442 g/mol. The second kappa shape index (κ2) is 10.1. The molecule has 0 fully saturated rings. The maximum absolute atomic E-state index is 12.2. The van der Waals surface area contributed by atoms with E-state index < -0.39 is 4.92 Å². The Morgan fingerprint density at radius 1 is 1.26 bits per heavy atom. The molecule has 0 saturated carbocycles. The van der Waals surface area contributed by atoms with Crippen LogP contribution in [0.3, 0.4) is 0 Å². The number of thioether (sulfide) groups is 1. The Kier molecular flexibility index (Phi) is 7.24. The van der Waals surface area contributed by atoms with Crippen LogP contribution in [0.15, 0.2) is 47.6 Å². The molecular weight excluding hydrogens is 418 g/mol. The molecule has 1 aromatic heterocycles. The molecule has 0 radical (unpaired) electrons. The van der Waals surface area contributed by atoms with Gasteiger partial charge in [0.25, 0.3) is 5.69 Å². The summed E-state index contributed by atoms with van der Waals surface area (Å²) in [7, 11) is 0. The SMILES string of the molecule is Cc1cc([N+](=O)[O-])ccc1NC(=O)CSc1n[nH]c(COc2ccc(C(C)C)cc2)n1. The lowest BCUT2D eigenvalue weighted by atomic mass is 10.0. The Balaban J connectivity index is 1.47. The first-order chi connectivity index (χ1) is 14.8. The number of nitro groups is 1. The third kappa shape index (κ3) is 6.29. The molecule has 0 aliphatic rings. The molecule has 0 unspecified atom stereocenters. The molecule has 162 valence electrons. The predicted molar refractivity (Wildman–Crippen MR) is 118 cm³/mol. The fourth-order valence-electron chi connectivity index (χ4n) is 2.73. The van der Waals surface area contributed by atoms with Crippen LogP contribution in [0.4, 0.5) is 11.4 Å². The number of ether oxygens (including phenoxy) is 1. The van der Waals surface area contributed by atoms with Crippen molar-refractivity contribution >= 4 is 29.0 Å². The van der Waals surface area contributed by atoms with Crippen molar-refractivity contribution in [1.82, 2.24) is 15.2 Å². The highest BCUT2D eigenvalue weighted by Crippen LogP contribution is 2.22. The molecule has 0 bridgehead atoms. The van der Waals surface area contributed by atoms with E-state index in [0.29, 0.717) is 28.1 Å². The zero-order valence-corrected chi connectivity index (χ0v) is 18.2. The second-order valence-electron chi connectivity index (χ2n) is 7.17. The number of benzene rings is 2. The van der Waals surface area contributed by atoms with Crippen molar-refractivity contribution in [2.45, 2.75) is 38.5 Å². The van der Waals surface area contributed by atoms with Crippen LogP contribution in [-0.4, -0.2) is 31.8 Å². The van der Waals surface area contributed by atoms with Gasteiger partial charge in [-0.2, -0.15) is 0 Å². The number of nitro benzene ring substituents is 1. The first kappa shape index (κ1) is 22.3. The van der Waals surface area contributed by atoms with E-state index in [-0.39, 0.29) is 24.0 Å². The van der Waals surface area contributed by atoms with Gasteiger partial charge in [-0.25, -0.2) is 4.98 Å². The van der Waals surface area contributed by atoms with Gasteiger partial charge < -0.3 is 10.1 Å². The van der Waals surface area contributed by atoms with E-state index in [2.05, 4.69) is 34.3 Å². The van der Waals surface area contributed by atoms with E-state index in [9.17, 15) is 14.9 Å². The van der Waals surface area contributed by atoms with Gasteiger partial charge in [-0.3, -0.25) is 20.0 Å². The molecule has 1 amide bonds. The van der Waals surface area contributed by atoms with Gasteiger partial charge >= 0.3 is 0 Å². The summed E-state index contributed by atoms with van der Waals surface area (Å²) in [6, 6.07) is 12.2. The molecule has 31 heavy (non-hydrogen) atoms. The topological polar surface area (TPSA) is 123 Å². The van der Waals surface area contributed by atoms with Gasteiger partial charge in [-0.1, -0.05) is 37.7 Å². The number of hydrogen-bond acceptors (Lipinski definition) is 7. The monoisotopic (exact) mass is 441 g/mol. The van der Waals surface area contributed by atoms with Crippen molar-refractivity contribution in [3.63, 3.8) is 0 Å². The van der Waals surface area contributed by atoms with Gasteiger partial charge in [0.15, 0.2) is 5.82 Å². The number of rotatable bonds is 9. The molecule has 0 aliphatic carbocycles. The highest BCUT2D eigenvalue weighted by molar-refractivity contribution is 7.99. The zero-order chi connectivity index (χ0) is 22.4. The largest absolute Gasteiger partial charge is 0.486 e. The van der Waals surface area contributed by atoms with Gasteiger partial charge in [0.05, 0.1) is 10.7 Å². The Labute approximate surface area is 183 Å². The molecule has 10 heteroatoms. The maximum Gasteiger partial charge on any atom is 0.269 e. The molecule has 0 spiro atoms. The lowest BCUT2D eigenvalue weighted by Crippen LogP contribution is -2.15. The van der Waals surface area contributed by atoms with Crippen LogP contribution in [-0.2, 0) is 11.4 Å². The van der Waals surface area contributed by atoms with E-state index in [4.69, 9.17) is 4.74 Å². The smallest absolute Gasteiger partial charge is 0.269 e. The molecule has 1 heterocycles. The van der Waals surface area contributed by atoms with E-state index >= 15 is 0 Å². The highest BCUT2D eigenvalue weighted by atomic mass is 32.2. The van der Waals surface area contributed by atoms with Crippen LogP contribution in [0.25, 0.3) is 0 Å². The predicted octanol–water partition coefficient (Wildman–Crippen LogP) is 4.45. The number of H-pyrrole nitrogens is 1. The van der Waals surface area contributed by atoms with Crippen molar-refractivity contribution in [3.05, 3.63) is 69.5 Å². The van der Waals surface area contributed by atoms with Crippen molar-refractivity contribution < 1.29 is 14.5 Å². The van der Waals surface area contributed by atoms with Gasteiger partial charge in [0, 0.05) is 17.8 Å². The Bertz CT molecular complexity index is 1070. The first-order valence-electron chi connectivity index (χ1n) is 9.63. The lowest BCUT2D eigenvalue weighted by molar-refractivity contribution is -0.384. The minimum Gasteiger partial charge on any atom is -0.486 e. The number of amides is 1. The Morgan fingerprint density at radius 3 is 2.65 bits per heavy atom. The van der Waals surface area contributed by atoms with Gasteiger partial charge in [0.1, 0.15) is 12.4 Å². The summed E-state index contributed by atoms with van der Waals surface area (Å²) in [5.41, 5.74) is 2.37. The van der Waals surface area contributed by atoms with Crippen LogP contribution in [0.2, 0.25) is 0 Å². The van der Waals surface area contributed by atoms with E-state index in [0.717, 1.165) is 5.75 Å². The summed E-state index contributed by atoms with van der Waals surface area (Å²) in [4.78, 5) is 26.8. The average Bonchev–Trinajstić information content (AvgIpc) is 3.20. The fraction of sp³-hybridized carbons (Fsp3) is 0.286. The Morgan fingerprint density at radius 2 is 2.00 bits per heavy atom. The number of anilines is 1. The van der Waals surface area contributed by atoms with Gasteiger partial charge in [0.2, 0.25) is 11.1 Å². The van der Waals surface area contributed by atoms with Gasteiger partial charge in [-0.15, -0.1) is 5.10 Å². The quantitative estimate of drug-likeness (QED) is 0.285. The van der Waals surface area contributed by atoms with Crippen LogP contribution in [0, 0.1) is 17.0 Å². The number of aryl methyl sites for hydroxylation is 1. The summed E-state index contributed by atoms with van der Waals surface area (Å²) in [6.45, 7) is 6.21. The molecule has 3 aromatic rings. The van der Waals surface area contributed by atoms with Crippen molar-refractivity contribution in [1.29, 1.82) is 0 Å². The number of carbonyl (C=O) groups is 1. The molecule has 0 saturated heterocycles. The zero-order valence-electron chi connectivity index (χ0n) is 17.4. The van der Waals surface area contributed by atoms with Crippen molar-refractivity contribution in [2.24, 2.45) is 0 Å². The van der Waals surface area contributed by atoms with Crippen LogP contribution < -0.4 is 10.1 Å². The minimum absolute atomic E-state index is 0.0174. The van der Waals surface area contributed by atoms with Crippen LogP contribution >= 0.6 is 11.8 Å². The van der Waals surface area contributed by atoms with E-state index in [1.54, 1.807) is 6.92 Å². The normalized spacial score (nSPS) is 10.8. The molecule has 0 atom stereocenters. The Hall–Kier alpha value is -3.40. The van der Waals surface area contributed by atoms with Gasteiger partial charge in [-0.05, 0) is 42.2 Å². The number of aromatic amines is 1. The fourth-order valence-corrected chi connectivity index (χ4v) is 3.34. The highest BCUT2D eigenvalue weighted by Gasteiger charge is 2.12. The van der Waals surface area contributed by atoms with Crippen molar-refractivity contribution in [3.8, 4) is 5.75 Å². The lowest BCUT2D eigenvalue weighted by Gasteiger charge is -2.07. The number of nitrogens with one attached hydrogen (secondary N) is 2. The molecule has 9 nitrogen and oxygen atoms in total. The number of carbonyl (C=O) groups excluding carboxylic acids is 1. The molecule has 2 aromatic carbocycles. The summed E-state index contributed by atoms with van der Waals surface area (Å²) in [5.74, 6) is 1.61. The summed E-state index contributed by atoms with van der Waals surface area (Å²) < 4.78 is 5.71. The standard InChI is InChI=1S/C21H23N5O4S/c1-13(2)15-4-7-17(8-5-15)30-11-19-23-21(25-24-19)31-12-20(27)22-18-9-6-16(26(28)29)10-14(18)3/h4-10,13H,11-12H2,1-3H3,(H,22,27)(H,23,24,25). The van der Waals surface area contributed by atoms with E-state index in [1.165, 1.54) is 35.5 Å². The van der Waals surface area contributed by atoms with Crippen molar-refractivity contribution in [2.75, 3.05) is 11.1 Å². The molecule has 2 N–H and O–H groups in total. The van der Waals surface area contributed by atoms with Crippen LogP contribution in [0.1, 0.15) is 36.7 Å². The third-order valence-corrected chi connectivity index (χ3v) is 5.31. The molecule has 0 aliphatic heterocycles. The number of non-ortho nitro benzene ring substituents is 1. The minimum atomic E-state index is -0.473. The summed E-state index contributed by atoms with van der Waals surface area (Å²) >= 11 is 1.18. The summed E-state index contributed by atoms with van der Waals surface area (Å²) in [5, 5.41) is 20.9. The third-order valence-electron chi connectivity index (χ3n) is 4.46. The van der Waals surface area contributed by atoms with E-state index in [1.807, 2.05) is 24.3 Å². The number of hydrogen-bond donors (Lipinski definition) is 2. The summed E-state index contributed by atoms with van der Waals surface area (Å²) in [6.07, 6.45) is 0. The molecule has 3 rings (SSSR count).